The monoisotopic (exact) mass is 535 g/mol. The Morgan fingerprint density at radius 1 is 1.08 bits per heavy atom. The van der Waals surface area contributed by atoms with E-state index < -0.39 is 11.9 Å². The highest BCUT2D eigenvalue weighted by atomic mass is 35.5. The van der Waals surface area contributed by atoms with E-state index in [0.29, 0.717) is 50.1 Å². The van der Waals surface area contributed by atoms with E-state index in [-0.39, 0.29) is 17.7 Å². The number of carbonyl (C=O) groups excluding carboxylic acids is 2. The average molecular weight is 536 g/mol. The van der Waals surface area contributed by atoms with Crippen LogP contribution in [-0.4, -0.2) is 31.1 Å². The fraction of sp³-hybridized carbons (Fsp3) is 0.214. The lowest BCUT2D eigenvalue weighted by molar-refractivity contribution is -0.142. The van der Waals surface area contributed by atoms with Gasteiger partial charge in [0.25, 0.3) is 5.91 Å². The molecular formula is C28H26ClN3O6. The standard InChI is InChI=1S/C28H26ClN3O6/c1-15-6-8-23(22(29)10-15)32-28-21(27(34)31-24-9-7-19(35-4)11-25(24)36-5)12-20-18(14-37-17(3)33)13-30-16(2)26(20)38-28/h6-13H,14H2,1-5H3,(H,31,34). The minimum atomic E-state index is -0.506. The fourth-order valence-electron chi connectivity index (χ4n) is 3.73. The van der Waals surface area contributed by atoms with Crippen LogP contribution in [-0.2, 0) is 16.1 Å². The molecule has 0 spiro atoms. The van der Waals surface area contributed by atoms with E-state index >= 15 is 0 Å². The molecule has 0 aliphatic heterocycles. The SMILES string of the molecule is COc1ccc(NC(=O)c2cc3c(COC(C)=O)cnc(C)c3oc2=Nc2ccc(C)cc2Cl)c(OC)c1. The molecule has 2 aromatic heterocycles. The largest absolute Gasteiger partial charge is 0.497 e. The van der Waals surface area contributed by atoms with Crippen molar-refractivity contribution in [2.75, 3.05) is 19.5 Å². The predicted octanol–water partition coefficient (Wildman–Crippen LogP) is 5.66. The Hall–Kier alpha value is -4.37. The maximum Gasteiger partial charge on any atom is 0.302 e. The number of pyridine rings is 1. The fourth-order valence-corrected chi connectivity index (χ4v) is 4.01. The summed E-state index contributed by atoms with van der Waals surface area (Å²) in [6, 6.07) is 12.0. The summed E-state index contributed by atoms with van der Waals surface area (Å²) in [5, 5.41) is 3.81. The topological polar surface area (TPSA) is 112 Å². The molecule has 0 atom stereocenters. The van der Waals surface area contributed by atoms with Gasteiger partial charge in [-0.05, 0) is 49.7 Å². The summed E-state index contributed by atoms with van der Waals surface area (Å²) >= 11 is 6.43. The summed E-state index contributed by atoms with van der Waals surface area (Å²) in [5.74, 6) is 0.0318. The number of halogens is 1. The molecule has 4 rings (SSSR count). The van der Waals surface area contributed by atoms with E-state index in [9.17, 15) is 9.59 Å². The van der Waals surface area contributed by atoms with Gasteiger partial charge in [-0.1, -0.05) is 17.7 Å². The number of nitrogens with zero attached hydrogens (tertiary/aromatic N) is 2. The number of anilines is 1. The molecule has 9 nitrogen and oxygen atoms in total. The van der Waals surface area contributed by atoms with Gasteiger partial charge in [0.2, 0.25) is 5.55 Å². The first kappa shape index (κ1) is 26.7. The van der Waals surface area contributed by atoms with Gasteiger partial charge in [0, 0.05) is 30.1 Å². The quantitative estimate of drug-likeness (QED) is 0.304. The first-order valence-electron chi connectivity index (χ1n) is 11.6. The van der Waals surface area contributed by atoms with Crippen LogP contribution in [0.2, 0.25) is 5.02 Å². The second-order valence-electron chi connectivity index (χ2n) is 8.44. The van der Waals surface area contributed by atoms with E-state index in [1.54, 1.807) is 49.5 Å². The van der Waals surface area contributed by atoms with Gasteiger partial charge in [0.1, 0.15) is 23.7 Å². The molecular weight excluding hydrogens is 510 g/mol. The number of hydrogen-bond donors (Lipinski definition) is 1. The molecule has 0 unspecified atom stereocenters. The van der Waals surface area contributed by atoms with Gasteiger partial charge in [-0.25, -0.2) is 4.99 Å². The molecule has 4 aromatic rings. The number of nitrogens with one attached hydrogen (secondary N) is 1. The highest BCUT2D eigenvalue weighted by molar-refractivity contribution is 6.33. The number of amides is 1. The number of carbonyl (C=O) groups is 2. The summed E-state index contributed by atoms with van der Waals surface area (Å²) in [7, 11) is 3.03. The Morgan fingerprint density at radius 3 is 2.55 bits per heavy atom. The summed E-state index contributed by atoms with van der Waals surface area (Å²) < 4.78 is 22.0. The minimum absolute atomic E-state index is 0.0303. The molecule has 2 aromatic carbocycles. The molecule has 10 heteroatoms. The van der Waals surface area contributed by atoms with Crippen molar-refractivity contribution in [3.8, 4) is 11.5 Å². The van der Waals surface area contributed by atoms with E-state index in [0.717, 1.165) is 5.56 Å². The number of hydrogen-bond acceptors (Lipinski definition) is 8. The van der Waals surface area contributed by atoms with Crippen molar-refractivity contribution in [3.05, 3.63) is 81.6 Å². The molecule has 0 saturated heterocycles. The van der Waals surface area contributed by atoms with E-state index in [4.69, 9.17) is 30.2 Å². The third kappa shape index (κ3) is 5.78. The number of fused-ring (bicyclic) bond motifs is 1. The highest BCUT2D eigenvalue weighted by Gasteiger charge is 2.19. The van der Waals surface area contributed by atoms with Crippen molar-refractivity contribution in [1.82, 2.24) is 4.98 Å². The van der Waals surface area contributed by atoms with Crippen molar-refractivity contribution in [1.29, 1.82) is 0 Å². The molecule has 0 fully saturated rings. The first-order valence-corrected chi connectivity index (χ1v) is 12.0. The number of esters is 1. The number of methoxy groups -OCH3 is 2. The molecule has 0 bridgehead atoms. The number of aryl methyl sites for hydroxylation is 2. The zero-order valence-electron chi connectivity index (χ0n) is 21.5. The van der Waals surface area contributed by atoms with Gasteiger partial charge < -0.3 is 23.9 Å². The molecule has 196 valence electrons. The predicted molar refractivity (Wildman–Crippen MR) is 143 cm³/mol. The molecule has 0 aliphatic carbocycles. The van der Waals surface area contributed by atoms with Crippen LogP contribution in [0.15, 0.2) is 58.1 Å². The molecule has 0 radical (unpaired) electrons. The number of rotatable bonds is 7. The van der Waals surface area contributed by atoms with Crippen molar-refractivity contribution in [2.45, 2.75) is 27.4 Å². The van der Waals surface area contributed by atoms with Gasteiger partial charge in [0.15, 0.2) is 5.58 Å². The van der Waals surface area contributed by atoms with E-state index in [1.165, 1.54) is 21.1 Å². The Balaban J connectivity index is 1.91. The molecule has 1 amide bonds. The maximum atomic E-state index is 13.6. The van der Waals surface area contributed by atoms with Crippen LogP contribution in [0.3, 0.4) is 0 Å². The van der Waals surface area contributed by atoms with Gasteiger partial charge in [-0.15, -0.1) is 0 Å². The van der Waals surface area contributed by atoms with Gasteiger partial charge in [-0.2, -0.15) is 0 Å². The molecule has 1 N–H and O–H groups in total. The number of ether oxygens (including phenoxy) is 3. The summed E-state index contributed by atoms with van der Waals surface area (Å²) in [6.07, 6.45) is 1.58. The smallest absolute Gasteiger partial charge is 0.302 e. The second-order valence-corrected chi connectivity index (χ2v) is 8.85. The summed E-state index contributed by atoms with van der Waals surface area (Å²) in [6.45, 7) is 4.96. The first-order chi connectivity index (χ1) is 18.2. The lowest BCUT2D eigenvalue weighted by atomic mass is 10.1. The zero-order chi connectivity index (χ0) is 27.4. The maximum absolute atomic E-state index is 13.6. The van der Waals surface area contributed by atoms with Crippen LogP contribution in [0.5, 0.6) is 11.5 Å². The summed E-state index contributed by atoms with van der Waals surface area (Å²) in [5.41, 5.74) is 3.51. The molecule has 38 heavy (non-hydrogen) atoms. The Morgan fingerprint density at radius 2 is 1.87 bits per heavy atom. The van der Waals surface area contributed by atoms with Gasteiger partial charge in [0.05, 0.1) is 36.3 Å². The van der Waals surface area contributed by atoms with Gasteiger partial charge >= 0.3 is 5.97 Å². The number of aromatic nitrogens is 1. The Bertz CT molecular complexity index is 1610. The lowest BCUT2D eigenvalue weighted by Gasteiger charge is -2.13. The number of benzene rings is 2. The van der Waals surface area contributed by atoms with Crippen LogP contribution in [0, 0.1) is 13.8 Å². The lowest BCUT2D eigenvalue weighted by Crippen LogP contribution is -2.22. The summed E-state index contributed by atoms with van der Waals surface area (Å²) in [4.78, 5) is 34.0. The normalized spacial score (nSPS) is 11.4. The zero-order valence-corrected chi connectivity index (χ0v) is 22.3. The third-order valence-corrected chi connectivity index (χ3v) is 6.01. The second kappa shape index (κ2) is 11.4. The van der Waals surface area contributed by atoms with Crippen molar-refractivity contribution >= 4 is 45.8 Å². The minimum Gasteiger partial charge on any atom is -0.497 e. The molecule has 0 aliphatic rings. The van der Waals surface area contributed by atoms with Crippen molar-refractivity contribution in [3.63, 3.8) is 0 Å². The van der Waals surface area contributed by atoms with Crippen LogP contribution >= 0.6 is 11.6 Å². The van der Waals surface area contributed by atoms with Crippen LogP contribution in [0.1, 0.15) is 34.1 Å². The highest BCUT2D eigenvalue weighted by Crippen LogP contribution is 2.30. The Kier molecular flexibility index (Phi) is 7.97. The van der Waals surface area contributed by atoms with Crippen LogP contribution in [0.4, 0.5) is 11.4 Å². The van der Waals surface area contributed by atoms with Crippen LogP contribution in [0.25, 0.3) is 11.0 Å². The van der Waals surface area contributed by atoms with Crippen molar-refractivity contribution < 1.29 is 28.2 Å². The average Bonchev–Trinajstić information content (AvgIpc) is 2.89. The van der Waals surface area contributed by atoms with Crippen molar-refractivity contribution in [2.24, 2.45) is 4.99 Å². The van der Waals surface area contributed by atoms with Crippen LogP contribution < -0.4 is 20.3 Å². The molecule has 0 saturated carbocycles. The van der Waals surface area contributed by atoms with E-state index in [1.807, 2.05) is 13.0 Å². The van der Waals surface area contributed by atoms with Gasteiger partial charge in [-0.3, -0.25) is 14.6 Å². The van der Waals surface area contributed by atoms with E-state index in [2.05, 4.69) is 15.3 Å². The Labute approximate surface area is 224 Å². The molecule has 2 heterocycles. The third-order valence-electron chi connectivity index (χ3n) is 5.71.